The van der Waals surface area contributed by atoms with Crippen LogP contribution in [0, 0.1) is 29.6 Å². The van der Waals surface area contributed by atoms with Crippen molar-refractivity contribution in [3.63, 3.8) is 0 Å². The van der Waals surface area contributed by atoms with E-state index in [2.05, 4.69) is 4.90 Å². The second kappa shape index (κ2) is 9.65. The van der Waals surface area contributed by atoms with E-state index in [1.54, 1.807) is 48.5 Å². The lowest BCUT2D eigenvalue weighted by Crippen LogP contribution is -2.68. The molecule has 0 aromatic heterocycles. The van der Waals surface area contributed by atoms with Crippen molar-refractivity contribution in [2.75, 3.05) is 28.9 Å². The van der Waals surface area contributed by atoms with Gasteiger partial charge in [-0.2, -0.15) is 0 Å². The highest BCUT2D eigenvalue weighted by atomic mass is 16.5. The van der Waals surface area contributed by atoms with E-state index < -0.39 is 46.9 Å². The lowest BCUT2D eigenvalue weighted by molar-refractivity contribution is -0.138. The lowest BCUT2D eigenvalue weighted by Gasteiger charge is -2.57. The van der Waals surface area contributed by atoms with Gasteiger partial charge in [-0.25, -0.2) is 9.80 Å². The SMILES string of the molecule is COc1cccc(N2C(=O)[C@@H]3C4C=C5c6ccccc6N(c6ccccc6)C5([C@@H]3C2=O)[C@H]2C(=O)N(c3cccc(OC)c3)C(=O)[C@@H]42)c1. The molecule has 2 unspecified atom stereocenters. The monoisotopic (exact) mass is 623 g/mol. The first-order valence-corrected chi connectivity index (χ1v) is 15.6. The topological polar surface area (TPSA) is 96.5 Å². The van der Waals surface area contributed by atoms with E-state index in [4.69, 9.17) is 9.47 Å². The van der Waals surface area contributed by atoms with Crippen LogP contribution < -0.4 is 24.2 Å². The van der Waals surface area contributed by atoms with Gasteiger partial charge >= 0.3 is 0 Å². The number of ether oxygens (including phenoxy) is 2. The molecule has 9 heteroatoms. The van der Waals surface area contributed by atoms with Crippen molar-refractivity contribution in [3.8, 4) is 11.5 Å². The van der Waals surface area contributed by atoms with Crippen molar-refractivity contribution in [1.29, 1.82) is 0 Å². The minimum Gasteiger partial charge on any atom is -0.497 e. The fourth-order valence-electron chi connectivity index (χ4n) is 9.11. The largest absolute Gasteiger partial charge is 0.497 e. The standard InChI is InChI=1S/C38H29N3O6/c1-46-24-14-8-12-22(18-24)39-34(42)30-27-20-28-26-16-6-7-17-29(26)41(21-10-4-3-5-11-21)38(28,32(30)36(39)44)33-31(27)35(43)40(37(33)45)23-13-9-15-25(19-23)47-2/h3-20,27,30-33H,1-2H3/t27?,30-,31+,32+,33-,38?. The number of amides is 4. The number of carbonyl (C=O) groups excluding carboxylic acids is 4. The molecule has 1 saturated carbocycles. The summed E-state index contributed by atoms with van der Waals surface area (Å²) in [6.45, 7) is 0. The summed E-state index contributed by atoms with van der Waals surface area (Å²) in [6, 6.07) is 31.2. The Bertz CT molecular complexity index is 1980. The number of carbonyl (C=O) groups is 4. The quantitative estimate of drug-likeness (QED) is 0.281. The molecule has 6 atom stereocenters. The molecule has 0 N–H and O–H groups in total. The minimum absolute atomic E-state index is 0.379. The number of anilines is 4. The predicted molar refractivity (Wildman–Crippen MR) is 174 cm³/mol. The van der Waals surface area contributed by atoms with E-state index in [0.717, 1.165) is 22.5 Å². The maximum absolute atomic E-state index is 15.0. The van der Waals surface area contributed by atoms with Crippen LogP contribution in [0.1, 0.15) is 5.56 Å². The summed E-state index contributed by atoms with van der Waals surface area (Å²) in [5, 5.41) is 0. The first-order valence-electron chi connectivity index (χ1n) is 15.6. The van der Waals surface area contributed by atoms with Crippen LogP contribution in [-0.2, 0) is 19.2 Å². The van der Waals surface area contributed by atoms with Gasteiger partial charge in [0.05, 0.1) is 54.8 Å². The molecule has 6 aliphatic rings. The van der Waals surface area contributed by atoms with Gasteiger partial charge in [-0.15, -0.1) is 0 Å². The van der Waals surface area contributed by atoms with E-state index in [1.165, 1.54) is 24.0 Å². The Hall–Kier alpha value is -5.70. The first-order chi connectivity index (χ1) is 22.9. The van der Waals surface area contributed by atoms with Crippen LogP contribution in [0.3, 0.4) is 0 Å². The van der Waals surface area contributed by atoms with Crippen molar-refractivity contribution < 1.29 is 28.7 Å². The summed E-state index contributed by atoms with van der Waals surface area (Å²) in [7, 11) is 3.06. The van der Waals surface area contributed by atoms with E-state index in [9.17, 15) is 9.59 Å². The molecule has 47 heavy (non-hydrogen) atoms. The first kappa shape index (κ1) is 27.6. The Kier molecular flexibility index (Phi) is 5.67. The predicted octanol–water partition coefficient (Wildman–Crippen LogP) is 5.23. The Morgan fingerprint density at radius 3 is 1.64 bits per heavy atom. The van der Waals surface area contributed by atoms with E-state index >= 15 is 9.59 Å². The van der Waals surface area contributed by atoms with Gasteiger partial charge in [-0.05, 0) is 48.0 Å². The van der Waals surface area contributed by atoms with E-state index in [0.29, 0.717) is 22.9 Å². The highest BCUT2D eigenvalue weighted by molar-refractivity contribution is 6.29. The number of fused-ring (bicyclic) bond motifs is 1. The fraction of sp³-hybridized carbons (Fsp3) is 0.211. The summed E-state index contributed by atoms with van der Waals surface area (Å²) in [4.78, 5) is 63.8. The molecule has 4 aromatic rings. The van der Waals surface area contributed by atoms with Crippen LogP contribution in [-0.4, -0.2) is 43.4 Å². The van der Waals surface area contributed by atoms with Crippen LogP contribution in [0.15, 0.2) is 109 Å². The minimum atomic E-state index is -1.35. The van der Waals surface area contributed by atoms with Crippen molar-refractivity contribution in [2.45, 2.75) is 5.54 Å². The number of nitrogens with zero attached hydrogens (tertiary/aromatic N) is 3. The lowest BCUT2D eigenvalue weighted by atomic mass is 9.47. The average molecular weight is 624 g/mol. The highest BCUT2D eigenvalue weighted by Crippen LogP contribution is 2.71. The highest BCUT2D eigenvalue weighted by Gasteiger charge is 2.80. The molecule has 3 aliphatic heterocycles. The van der Waals surface area contributed by atoms with Gasteiger partial charge in [0.25, 0.3) is 0 Å². The molecular weight excluding hydrogens is 594 g/mol. The van der Waals surface area contributed by atoms with Gasteiger partial charge < -0.3 is 14.4 Å². The van der Waals surface area contributed by atoms with Crippen molar-refractivity contribution in [1.82, 2.24) is 0 Å². The third-order valence-corrected chi connectivity index (χ3v) is 10.7. The number of hydrogen-bond donors (Lipinski definition) is 0. The molecular formula is C38H29N3O6. The van der Waals surface area contributed by atoms with Crippen LogP contribution >= 0.6 is 0 Å². The van der Waals surface area contributed by atoms with Crippen LogP contribution in [0.25, 0.3) is 5.57 Å². The third kappa shape index (κ3) is 3.33. The van der Waals surface area contributed by atoms with E-state index in [1.807, 2.05) is 60.7 Å². The number of hydrogen-bond acceptors (Lipinski definition) is 7. The zero-order valence-electron chi connectivity index (χ0n) is 25.6. The van der Waals surface area contributed by atoms with Crippen LogP contribution in [0.5, 0.6) is 11.5 Å². The molecule has 10 rings (SSSR count). The molecule has 3 fully saturated rings. The van der Waals surface area contributed by atoms with E-state index in [-0.39, 0.29) is 11.8 Å². The second-order valence-corrected chi connectivity index (χ2v) is 12.6. The number of benzene rings is 4. The van der Waals surface area contributed by atoms with Crippen molar-refractivity contribution in [3.05, 3.63) is 115 Å². The normalized spacial score (nSPS) is 28.3. The molecule has 9 nitrogen and oxygen atoms in total. The third-order valence-electron chi connectivity index (χ3n) is 10.7. The summed E-state index contributed by atoms with van der Waals surface area (Å²) >= 11 is 0. The molecule has 0 radical (unpaired) electrons. The molecule has 1 spiro atoms. The second-order valence-electron chi connectivity index (χ2n) is 12.6. The maximum Gasteiger partial charge on any atom is 0.240 e. The van der Waals surface area contributed by atoms with Gasteiger partial charge in [0, 0.05) is 35.0 Å². The van der Waals surface area contributed by atoms with Crippen LogP contribution in [0.2, 0.25) is 0 Å². The summed E-state index contributed by atoms with van der Waals surface area (Å²) in [5.41, 5.74) is 2.73. The van der Waals surface area contributed by atoms with Gasteiger partial charge in [0.2, 0.25) is 23.6 Å². The Morgan fingerprint density at radius 1 is 0.574 bits per heavy atom. The van der Waals surface area contributed by atoms with Gasteiger partial charge in [0.15, 0.2) is 0 Å². The zero-order chi connectivity index (χ0) is 32.2. The molecule has 2 saturated heterocycles. The van der Waals surface area contributed by atoms with Crippen molar-refractivity contribution >= 4 is 52.0 Å². The molecule has 3 heterocycles. The summed E-state index contributed by atoms with van der Waals surface area (Å²) < 4.78 is 10.9. The smallest absolute Gasteiger partial charge is 0.240 e. The molecule has 4 aromatic carbocycles. The number of imide groups is 2. The Morgan fingerprint density at radius 2 is 1.09 bits per heavy atom. The Balaban J connectivity index is 1.31. The number of rotatable bonds is 5. The number of para-hydroxylation sites is 2. The van der Waals surface area contributed by atoms with Crippen molar-refractivity contribution in [2.24, 2.45) is 29.6 Å². The molecule has 232 valence electrons. The van der Waals surface area contributed by atoms with Gasteiger partial charge in [-0.3, -0.25) is 19.2 Å². The molecule has 2 bridgehead atoms. The Labute approximate surface area is 270 Å². The van der Waals surface area contributed by atoms with Gasteiger partial charge in [0.1, 0.15) is 11.5 Å². The molecule has 3 aliphatic carbocycles. The number of methoxy groups -OCH3 is 2. The summed E-state index contributed by atoms with van der Waals surface area (Å²) in [6.07, 6.45) is 2.02. The fourth-order valence-corrected chi connectivity index (χ4v) is 9.11. The van der Waals surface area contributed by atoms with Gasteiger partial charge in [-0.1, -0.05) is 54.6 Å². The summed E-state index contributed by atoms with van der Waals surface area (Å²) in [5.74, 6) is -4.81. The van der Waals surface area contributed by atoms with Crippen LogP contribution in [0.4, 0.5) is 22.7 Å². The average Bonchev–Trinajstić information content (AvgIpc) is 3.68. The number of allylic oxidation sites excluding steroid dienone is 1. The molecule has 4 amide bonds. The zero-order valence-corrected chi connectivity index (χ0v) is 25.6. The maximum atomic E-state index is 15.0.